The van der Waals surface area contributed by atoms with Crippen molar-refractivity contribution in [3.8, 4) is 28.5 Å². The first-order valence-corrected chi connectivity index (χ1v) is 11.0. The fourth-order valence-corrected chi connectivity index (χ4v) is 4.30. The van der Waals surface area contributed by atoms with Crippen LogP contribution in [0.2, 0.25) is 0 Å². The second-order valence-corrected chi connectivity index (χ2v) is 7.78. The quantitative estimate of drug-likeness (QED) is 0.466. The highest BCUT2D eigenvalue weighted by Crippen LogP contribution is 2.43. The molecule has 0 saturated carbocycles. The third-order valence-corrected chi connectivity index (χ3v) is 5.88. The van der Waals surface area contributed by atoms with Crippen LogP contribution in [0.25, 0.3) is 11.3 Å². The summed E-state index contributed by atoms with van der Waals surface area (Å²) in [7, 11) is 4.60. The maximum Gasteiger partial charge on any atom is 0.325 e. The van der Waals surface area contributed by atoms with E-state index in [9.17, 15) is 9.59 Å². The summed E-state index contributed by atoms with van der Waals surface area (Å²) in [6.45, 7) is 1.48. The summed E-state index contributed by atoms with van der Waals surface area (Å²) in [5.74, 6) is 1.19. The summed E-state index contributed by atoms with van der Waals surface area (Å²) in [6.07, 6.45) is 1.02. The van der Waals surface area contributed by atoms with E-state index in [0.29, 0.717) is 44.9 Å². The van der Waals surface area contributed by atoms with E-state index in [1.54, 1.807) is 27.8 Å². The monoisotopic (exact) mass is 455 g/mol. The Morgan fingerprint density at radius 3 is 2.38 bits per heavy atom. The third kappa shape index (κ3) is 3.36. The number of amides is 1. The highest BCUT2D eigenvalue weighted by Gasteiger charge is 2.46. The van der Waals surface area contributed by atoms with Gasteiger partial charge in [0.15, 0.2) is 11.5 Å². The van der Waals surface area contributed by atoms with Gasteiger partial charge in [-0.2, -0.15) is 0 Å². The molecule has 1 amide bonds. The molecule has 2 aromatic carbocycles. The lowest BCUT2D eigenvalue weighted by molar-refractivity contribution is -0.763. The predicted octanol–water partition coefficient (Wildman–Crippen LogP) is 2.39. The van der Waals surface area contributed by atoms with Crippen LogP contribution in [0.5, 0.6) is 17.2 Å². The Balaban J connectivity index is 2.12. The number of aromatic nitrogens is 3. The van der Waals surface area contributed by atoms with Gasteiger partial charge >= 0.3 is 11.3 Å². The zero-order valence-corrected chi connectivity index (χ0v) is 19.1. The van der Waals surface area contributed by atoms with Gasteiger partial charge in [-0.1, -0.05) is 23.9 Å². The highest BCUT2D eigenvalue weighted by atomic mass is 32.2. The Morgan fingerprint density at radius 1 is 1.09 bits per heavy atom. The van der Waals surface area contributed by atoms with E-state index in [0.717, 1.165) is 0 Å². The number of carbonyl (C=O) groups is 1. The maximum atomic E-state index is 13.1. The Labute approximate surface area is 188 Å². The van der Waals surface area contributed by atoms with E-state index in [-0.39, 0.29) is 11.5 Å². The first kappa shape index (κ1) is 21.7. The average molecular weight is 456 g/mol. The molecule has 4 rings (SSSR count). The molecular formula is C22H23N4O5S+. The van der Waals surface area contributed by atoms with Crippen molar-refractivity contribution in [1.29, 1.82) is 0 Å². The standard InChI is InChI=1S/C22H22N4O5S/c1-12(27)25-15-9-7-6-8-13(15)19-20(28)23-22(32-5)24-26(19)21(25)14-10-17(30-3)18(31-4)11-16(14)29-2/h6-11,21H,1-5H3/p+1/t21-/m0/s1. The summed E-state index contributed by atoms with van der Waals surface area (Å²) in [5, 5.41) is 5.08. The number of carbonyl (C=O) groups excluding carboxylic acids is 1. The summed E-state index contributed by atoms with van der Waals surface area (Å²) in [4.78, 5) is 30.5. The molecule has 1 atom stereocenters. The molecule has 0 bridgehead atoms. The molecule has 166 valence electrons. The van der Waals surface area contributed by atoms with Crippen molar-refractivity contribution in [1.82, 2.24) is 10.1 Å². The molecular weight excluding hydrogens is 432 g/mol. The number of aromatic amines is 1. The SMILES string of the molecule is COc1cc(OC)c([C@H]2N(C(C)=O)c3ccccc3-c3c(=O)[nH]c(SC)n[n+]32)cc1OC. The second-order valence-electron chi connectivity index (χ2n) is 6.99. The average Bonchev–Trinajstić information content (AvgIpc) is 2.81. The van der Waals surface area contributed by atoms with Crippen LogP contribution in [0, 0.1) is 0 Å². The van der Waals surface area contributed by atoms with Crippen LogP contribution in [0.1, 0.15) is 18.7 Å². The largest absolute Gasteiger partial charge is 0.496 e. The van der Waals surface area contributed by atoms with Gasteiger partial charge in [0, 0.05) is 18.1 Å². The number of benzene rings is 2. The number of anilines is 1. The number of methoxy groups -OCH3 is 3. The van der Waals surface area contributed by atoms with Crippen molar-refractivity contribution in [2.75, 3.05) is 32.5 Å². The van der Waals surface area contributed by atoms with Gasteiger partial charge in [-0.3, -0.25) is 14.6 Å². The molecule has 0 unspecified atom stereocenters. The van der Waals surface area contributed by atoms with Crippen molar-refractivity contribution in [3.05, 3.63) is 52.3 Å². The summed E-state index contributed by atoms with van der Waals surface area (Å²) < 4.78 is 18.1. The minimum atomic E-state index is -0.791. The fraction of sp³-hybridized carbons (Fsp3) is 0.273. The molecule has 1 aliphatic rings. The van der Waals surface area contributed by atoms with Crippen molar-refractivity contribution in [2.24, 2.45) is 0 Å². The van der Waals surface area contributed by atoms with Gasteiger partial charge in [-0.05, 0) is 29.1 Å². The summed E-state index contributed by atoms with van der Waals surface area (Å²) >= 11 is 1.30. The minimum Gasteiger partial charge on any atom is -0.496 e. The molecule has 0 aliphatic carbocycles. The molecule has 0 saturated heterocycles. The van der Waals surface area contributed by atoms with Gasteiger partial charge in [0.2, 0.25) is 11.1 Å². The van der Waals surface area contributed by atoms with E-state index in [2.05, 4.69) is 10.1 Å². The van der Waals surface area contributed by atoms with E-state index < -0.39 is 6.17 Å². The van der Waals surface area contributed by atoms with Crippen LogP contribution in [-0.4, -0.2) is 43.6 Å². The smallest absolute Gasteiger partial charge is 0.325 e. The van der Waals surface area contributed by atoms with Crippen LogP contribution in [-0.2, 0) is 4.79 Å². The predicted molar refractivity (Wildman–Crippen MR) is 120 cm³/mol. The Hall–Kier alpha value is -3.53. The molecule has 1 aromatic heterocycles. The number of H-pyrrole nitrogens is 1. The Bertz CT molecular complexity index is 1260. The van der Waals surface area contributed by atoms with Crippen LogP contribution in [0.15, 0.2) is 46.3 Å². The van der Waals surface area contributed by atoms with Crippen molar-refractivity contribution in [2.45, 2.75) is 18.2 Å². The molecule has 3 aromatic rings. The normalized spacial score (nSPS) is 14.4. The number of thioether (sulfide) groups is 1. The topological polar surface area (TPSA) is 97.6 Å². The molecule has 2 heterocycles. The Morgan fingerprint density at radius 2 is 1.75 bits per heavy atom. The van der Waals surface area contributed by atoms with Crippen LogP contribution in [0.3, 0.4) is 0 Å². The first-order valence-electron chi connectivity index (χ1n) is 9.74. The lowest BCUT2D eigenvalue weighted by Gasteiger charge is -2.32. The molecule has 0 spiro atoms. The van der Waals surface area contributed by atoms with Crippen LogP contribution in [0.4, 0.5) is 5.69 Å². The number of hydrogen-bond acceptors (Lipinski definition) is 7. The van der Waals surface area contributed by atoms with Gasteiger partial charge < -0.3 is 14.2 Å². The molecule has 0 fully saturated rings. The Kier molecular flexibility index (Phi) is 5.79. The van der Waals surface area contributed by atoms with Gasteiger partial charge in [0.1, 0.15) is 5.75 Å². The minimum absolute atomic E-state index is 0.217. The number of hydrogen-bond donors (Lipinski definition) is 1. The lowest BCUT2D eigenvalue weighted by atomic mass is 10.0. The first-order chi connectivity index (χ1) is 15.4. The van der Waals surface area contributed by atoms with Crippen molar-refractivity contribution >= 4 is 23.4 Å². The molecule has 1 aliphatic heterocycles. The van der Waals surface area contributed by atoms with Gasteiger partial charge in [-0.25, -0.2) is 4.90 Å². The number of nitrogens with one attached hydrogen (secondary N) is 1. The van der Waals surface area contributed by atoms with Crippen molar-refractivity contribution < 1.29 is 23.7 Å². The lowest BCUT2D eigenvalue weighted by Crippen LogP contribution is -2.60. The van der Waals surface area contributed by atoms with Crippen molar-refractivity contribution in [3.63, 3.8) is 0 Å². The molecule has 0 radical (unpaired) electrons. The van der Waals surface area contributed by atoms with E-state index >= 15 is 0 Å². The number of rotatable bonds is 5. The van der Waals surface area contributed by atoms with E-state index in [4.69, 9.17) is 14.2 Å². The zero-order valence-electron chi connectivity index (χ0n) is 18.3. The van der Waals surface area contributed by atoms with E-state index in [1.165, 1.54) is 40.0 Å². The molecule has 9 nitrogen and oxygen atoms in total. The van der Waals surface area contributed by atoms with Crippen LogP contribution >= 0.6 is 11.8 Å². The maximum absolute atomic E-state index is 13.1. The van der Waals surface area contributed by atoms with E-state index in [1.807, 2.05) is 24.5 Å². The highest BCUT2D eigenvalue weighted by molar-refractivity contribution is 7.98. The zero-order chi connectivity index (χ0) is 23.0. The number of ether oxygens (including phenoxy) is 3. The van der Waals surface area contributed by atoms with Crippen LogP contribution < -0.4 is 29.4 Å². The van der Waals surface area contributed by atoms with Gasteiger partial charge in [0.05, 0.1) is 38.1 Å². The van der Waals surface area contributed by atoms with Gasteiger partial charge in [0.25, 0.3) is 6.17 Å². The van der Waals surface area contributed by atoms with Gasteiger partial charge in [-0.15, -0.1) is 0 Å². The summed E-state index contributed by atoms with van der Waals surface area (Å²) in [6, 6.07) is 10.7. The second kappa shape index (κ2) is 8.54. The number of para-hydroxylation sites is 1. The number of fused-ring (bicyclic) bond motifs is 3. The third-order valence-electron chi connectivity index (χ3n) is 5.30. The summed E-state index contributed by atoms with van der Waals surface area (Å²) in [5.41, 5.74) is 1.85. The fourth-order valence-electron chi connectivity index (χ4n) is 3.94. The molecule has 10 heteroatoms. The molecule has 32 heavy (non-hydrogen) atoms. The number of nitrogens with zero attached hydrogens (tertiary/aromatic N) is 3. The molecule has 1 N–H and O–H groups in total.